The van der Waals surface area contributed by atoms with Crippen molar-refractivity contribution in [2.75, 3.05) is 39.3 Å². The summed E-state index contributed by atoms with van der Waals surface area (Å²) in [5.41, 5.74) is 9.77. The Morgan fingerprint density at radius 2 is 1.07 bits per heavy atom. The van der Waals surface area contributed by atoms with E-state index >= 15 is 0 Å². The number of hydrogen-bond donors (Lipinski definition) is 2. The van der Waals surface area contributed by atoms with Gasteiger partial charge in [0.05, 0.1) is 12.1 Å². The molecule has 2 atom stereocenters. The summed E-state index contributed by atoms with van der Waals surface area (Å²) in [6.07, 6.45) is 4.06. The normalized spacial score (nSPS) is 20.3. The van der Waals surface area contributed by atoms with Gasteiger partial charge in [-0.2, -0.15) is 0 Å². The van der Waals surface area contributed by atoms with Crippen LogP contribution in [0.25, 0.3) is 0 Å². The first-order chi connectivity index (χ1) is 19.2. The molecule has 2 aromatic carbocycles. The number of amides is 2. The van der Waals surface area contributed by atoms with Crippen molar-refractivity contribution in [1.82, 2.24) is 20.4 Å². The van der Waals surface area contributed by atoms with Crippen molar-refractivity contribution < 1.29 is 9.59 Å². The van der Waals surface area contributed by atoms with E-state index < -0.39 is 0 Å². The number of piperazine rings is 2. The van der Waals surface area contributed by atoms with Gasteiger partial charge in [-0.05, 0) is 70.9 Å². The third-order valence-corrected chi connectivity index (χ3v) is 8.85. The molecule has 4 aliphatic heterocycles. The molecule has 0 radical (unpaired) electrons. The molecule has 4 aliphatic rings. The van der Waals surface area contributed by atoms with Gasteiger partial charge in [0.2, 0.25) is 0 Å². The standard InChI is InChI=1S/2C17H24N2O.2ClH/c2*1-4-12-8-13(7-11(2)3)16-14(9-12)15-10-18-5-6-19(15)17(16)20;;/h2*8-9,11,15,18H,4-7,10H2,1-3H3;2*1H/t2*15-;;/m10../s1. The molecule has 6 nitrogen and oxygen atoms in total. The third kappa shape index (κ3) is 6.67. The number of nitrogens with zero attached hydrogens (tertiary/aromatic N) is 2. The van der Waals surface area contributed by atoms with E-state index in [0.29, 0.717) is 11.8 Å². The predicted molar refractivity (Wildman–Crippen MR) is 177 cm³/mol. The molecule has 2 aromatic rings. The lowest BCUT2D eigenvalue weighted by Gasteiger charge is -2.30. The average Bonchev–Trinajstić information content (AvgIpc) is 3.40. The van der Waals surface area contributed by atoms with E-state index in [2.05, 4.69) is 86.2 Å². The van der Waals surface area contributed by atoms with E-state index in [0.717, 1.165) is 76.1 Å². The molecule has 0 bridgehead atoms. The number of aryl methyl sites for hydroxylation is 2. The Balaban J connectivity index is 0.000000220. The highest BCUT2D eigenvalue weighted by Gasteiger charge is 2.41. The van der Waals surface area contributed by atoms with Crippen LogP contribution in [-0.2, 0) is 25.7 Å². The summed E-state index contributed by atoms with van der Waals surface area (Å²) in [5.74, 6) is 1.67. The molecule has 0 aliphatic carbocycles. The van der Waals surface area contributed by atoms with E-state index in [1.807, 2.05) is 0 Å². The molecule has 4 heterocycles. The van der Waals surface area contributed by atoms with Gasteiger partial charge in [-0.3, -0.25) is 9.59 Å². The minimum atomic E-state index is 0. The minimum absolute atomic E-state index is 0. The van der Waals surface area contributed by atoms with Gasteiger partial charge >= 0.3 is 0 Å². The second-order valence-corrected chi connectivity index (χ2v) is 12.8. The van der Waals surface area contributed by atoms with Gasteiger partial charge in [0.25, 0.3) is 11.8 Å². The molecule has 0 unspecified atom stereocenters. The van der Waals surface area contributed by atoms with E-state index in [4.69, 9.17) is 0 Å². The van der Waals surface area contributed by atoms with Crippen LogP contribution in [-0.4, -0.2) is 60.9 Å². The monoisotopic (exact) mass is 616 g/mol. The van der Waals surface area contributed by atoms with Crippen LogP contribution in [0.5, 0.6) is 0 Å². The summed E-state index contributed by atoms with van der Waals surface area (Å²) >= 11 is 0. The second-order valence-electron chi connectivity index (χ2n) is 12.8. The van der Waals surface area contributed by atoms with E-state index in [-0.39, 0.29) is 48.7 Å². The van der Waals surface area contributed by atoms with Crippen molar-refractivity contribution in [1.29, 1.82) is 0 Å². The molecular formula is C34H50Cl2N4O2. The Bertz CT molecular complexity index is 1180. The van der Waals surface area contributed by atoms with E-state index in [1.54, 1.807) is 0 Å². The lowest BCUT2D eigenvalue weighted by atomic mass is 9.90. The fraction of sp³-hybridized carbons (Fsp3) is 0.588. The van der Waals surface area contributed by atoms with Gasteiger partial charge in [0, 0.05) is 50.4 Å². The molecule has 8 heteroatoms. The molecule has 6 rings (SSSR count). The van der Waals surface area contributed by atoms with Crippen molar-refractivity contribution in [2.24, 2.45) is 11.8 Å². The van der Waals surface area contributed by atoms with Crippen molar-refractivity contribution in [3.8, 4) is 0 Å². The number of halogens is 2. The summed E-state index contributed by atoms with van der Waals surface area (Å²) < 4.78 is 0. The maximum atomic E-state index is 12.7. The molecule has 2 saturated heterocycles. The number of carbonyl (C=O) groups excluding carboxylic acids is 2. The molecule has 0 aromatic heterocycles. The van der Waals surface area contributed by atoms with Crippen LogP contribution >= 0.6 is 24.8 Å². The van der Waals surface area contributed by atoms with Gasteiger partial charge in [-0.15, -0.1) is 24.8 Å². The third-order valence-electron chi connectivity index (χ3n) is 8.85. The Kier molecular flexibility index (Phi) is 11.9. The van der Waals surface area contributed by atoms with Crippen LogP contribution in [0.2, 0.25) is 0 Å². The number of hydrogen-bond acceptors (Lipinski definition) is 4. The van der Waals surface area contributed by atoms with Gasteiger partial charge in [0.15, 0.2) is 0 Å². The average molecular weight is 618 g/mol. The molecule has 0 spiro atoms. The van der Waals surface area contributed by atoms with Crippen LogP contribution in [0.3, 0.4) is 0 Å². The first-order valence-electron chi connectivity index (χ1n) is 15.6. The fourth-order valence-electron chi connectivity index (χ4n) is 6.98. The van der Waals surface area contributed by atoms with E-state index in [1.165, 1.54) is 33.4 Å². The topological polar surface area (TPSA) is 64.7 Å². The summed E-state index contributed by atoms with van der Waals surface area (Å²) in [6.45, 7) is 18.6. The molecular weight excluding hydrogens is 567 g/mol. The van der Waals surface area contributed by atoms with Crippen molar-refractivity contribution >= 4 is 36.6 Å². The number of benzene rings is 2. The molecule has 2 amide bonds. The zero-order valence-corrected chi connectivity index (χ0v) is 27.9. The quantitative estimate of drug-likeness (QED) is 0.422. The lowest BCUT2D eigenvalue weighted by Crippen LogP contribution is -2.44. The fourth-order valence-corrected chi connectivity index (χ4v) is 6.98. The summed E-state index contributed by atoms with van der Waals surface area (Å²) in [6, 6.07) is 9.53. The zero-order valence-electron chi connectivity index (χ0n) is 26.2. The molecule has 232 valence electrons. The molecule has 0 saturated carbocycles. The number of rotatable bonds is 6. The van der Waals surface area contributed by atoms with Crippen LogP contribution in [0.15, 0.2) is 24.3 Å². The zero-order chi connectivity index (χ0) is 28.6. The molecule has 2 N–H and O–H groups in total. The summed E-state index contributed by atoms with van der Waals surface area (Å²) in [7, 11) is 0. The first kappa shape index (κ1) is 34.4. The number of carbonyl (C=O) groups is 2. The highest BCUT2D eigenvalue weighted by atomic mass is 35.5. The Hall–Kier alpha value is -2.12. The SMILES string of the molecule is CCc1cc(CC(C)C)c2c(c1)[C@@H]1CNCCN1C2=O.CCc1cc(CC(C)C)c2c(c1)[C@H]1CNCCN1C2=O.Cl.Cl. The van der Waals surface area contributed by atoms with Gasteiger partial charge in [-0.1, -0.05) is 65.8 Å². The van der Waals surface area contributed by atoms with Crippen molar-refractivity contribution in [3.05, 3.63) is 68.8 Å². The van der Waals surface area contributed by atoms with Gasteiger partial charge in [0.1, 0.15) is 0 Å². The van der Waals surface area contributed by atoms with Gasteiger partial charge in [-0.25, -0.2) is 0 Å². The highest BCUT2D eigenvalue weighted by Crippen LogP contribution is 2.39. The largest absolute Gasteiger partial charge is 0.329 e. The van der Waals surface area contributed by atoms with E-state index in [9.17, 15) is 9.59 Å². The number of nitrogens with one attached hydrogen (secondary N) is 2. The van der Waals surface area contributed by atoms with Crippen LogP contribution < -0.4 is 10.6 Å². The Labute approximate surface area is 265 Å². The van der Waals surface area contributed by atoms with Crippen LogP contribution in [0.4, 0.5) is 0 Å². The molecule has 2 fully saturated rings. The Morgan fingerprint density at radius 3 is 1.40 bits per heavy atom. The smallest absolute Gasteiger partial charge is 0.255 e. The van der Waals surface area contributed by atoms with Crippen molar-refractivity contribution in [3.63, 3.8) is 0 Å². The lowest BCUT2D eigenvalue weighted by molar-refractivity contribution is 0.0683. The van der Waals surface area contributed by atoms with Crippen LogP contribution in [0, 0.1) is 11.8 Å². The number of fused-ring (bicyclic) bond motifs is 6. The summed E-state index contributed by atoms with van der Waals surface area (Å²) in [5, 5.41) is 6.84. The molecule has 42 heavy (non-hydrogen) atoms. The van der Waals surface area contributed by atoms with Gasteiger partial charge < -0.3 is 20.4 Å². The maximum absolute atomic E-state index is 12.7. The highest BCUT2D eigenvalue weighted by molar-refractivity contribution is 6.01. The summed E-state index contributed by atoms with van der Waals surface area (Å²) in [4.78, 5) is 29.6. The van der Waals surface area contributed by atoms with Crippen molar-refractivity contribution in [2.45, 2.75) is 79.3 Å². The second kappa shape index (κ2) is 14.6. The Morgan fingerprint density at radius 1 is 0.690 bits per heavy atom. The van der Waals surface area contributed by atoms with Crippen LogP contribution in [0.1, 0.15) is 108 Å². The maximum Gasteiger partial charge on any atom is 0.255 e. The predicted octanol–water partition coefficient (Wildman–Crippen LogP) is 5.94. The minimum Gasteiger partial charge on any atom is -0.329 e. The first-order valence-corrected chi connectivity index (χ1v) is 15.6.